The third-order valence-electron chi connectivity index (χ3n) is 2.70. The van der Waals surface area contributed by atoms with Crippen molar-refractivity contribution in [2.45, 2.75) is 18.2 Å². The third-order valence-corrected chi connectivity index (χ3v) is 3.55. The summed E-state index contributed by atoms with van der Waals surface area (Å²) in [6, 6.07) is 8.71. The van der Waals surface area contributed by atoms with Crippen molar-refractivity contribution in [3.8, 4) is 0 Å². The molecule has 0 saturated heterocycles. The Morgan fingerprint density at radius 2 is 2.17 bits per heavy atom. The van der Waals surface area contributed by atoms with E-state index in [0.29, 0.717) is 12.0 Å². The van der Waals surface area contributed by atoms with Gasteiger partial charge in [-0.05, 0) is 19.4 Å². The molecule has 1 unspecified atom stereocenters. The van der Waals surface area contributed by atoms with Crippen LogP contribution < -0.4 is 0 Å². The van der Waals surface area contributed by atoms with Crippen LogP contribution in [0.4, 0.5) is 5.69 Å². The minimum atomic E-state index is -0.352. The van der Waals surface area contributed by atoms with Crippen molar-refractivity contribution in [3.05, 3.63) is 63.6 Å². The summed E-state index contributed by atoms with van der Waals surface area (Å²) in [7, 11) is 0. The highest BCUT2D eigenvalue weighted by molar-refractivity contribution is 9.09. The number of benzene rings is 1. The highest BCUT2D eigenvalue weighted by Gasteiger charge is 2.17. The maximum Gasteiger partial charge on any atom is 0.272 e. The van der Waals surface area contributed by atoms with Crippen molar-refractivity contribution in [2.75, 3.05) is 0 Å². The van der Waals surface area contributed by atoms with E-state index in [1.807, 2.05) is 19.1 Å². The van der Waals surface area contributed by atoms with Gasteiger partial charge in [0.25, 0.3) is 5.69 Å². The quantitative estimate of drug-likeness (QED) is 0.484. The SMILES string of the molecule is Cc1cc(C(Br)Cc2ccccc2[N+](=O)[O-])co1. The van der Waals surface area contributed by atoms with Gasteiger partial charge < -0.3 is 4.42 Å². The summed E-state index contributed by atoms with van der Waals surface area (Å²) in [5.41, 5.74) is 1.86. The van der Waals surface area contributed by atoms with Crippen LogP contribution in [0.25, 0.3) is 0 Å². The Morgan fingerprint density at radius 3 is 2.78 bits per heavy atom. The number of nitro benzene ring substituents is 1. The molecule has 4 nitrogen and oxygen atoms in total. The first-order chi connectivity index (χ1) is 8.58. The zero-order valence-corrected chi connectivity index (χ0v) is 11.4. The molecule has 0 amide bonds. The molecule has 5 heteroatoms. The van der Waals surface area contributed by atoms with Crippen molar-refractivity contribution < 1.29 is 9.34 Å². The van der Waals surface area contributed by atoms with Crippen LogP contribution in [-0.4, -0.2) is 4.92 Å². The van der Waals surface area contributed by atoms with Crippen LogP contribution in [0.5, 0.6) is 0 Å². The Balaban J connectivity index is 2.21. The predicted octanol–water partition coefficient (Wildman–Crippen LogP) is 4.17. The summed E-state index contributed by atoms with van der Waals surface area (Å²) in [5.74, 6) is 0.831. The molecule has 1 aromatic carbocycles. The Labute approximate surface area is 113 Å². The van der Waals surface area contributed by atoms with E-state index in [1.54, 1.807) is 18.4 Å². The number of halogens is 1. The van der Waals surface area contributed by atoms with Crippen molar-refractivity contribution in [2.24, 2.45) is 0 Å². The molecule has 94 valence electrons. The van der Waals surface area contributed by atoms with Crippen LogP contribution in [0.3, 0.4) is 0 Å². The van der Waals surface area contributed by atoms with Crippen molar-refractivity contribution >= 4 is 21.6 Å². The number of hydrogen-bond acceptors (Lipinski definition) is 3. The van der Waals surface area contributed by atoms with Crippen LogP contribution in [0.1, 0.15) is 21.7 Å². The van der Waals surface area contributed by atoms with Gasteiger partial charge in [0.2, 0.25) is 0 Å². The fraction of sp³-hybridized carbons (Fsp3) is 0.231. The number of aryl methyl sites for hydroxylation is 1. The van der Waals surface area contributed by atoms with Gasteiger partial charge in [-0.25, -0.2) is 0 Å². The fourth-order valence-electron chi connectivity index (χ4n) is 1.80. The lowest BCUT2D eigenvalue weighted by Crippen LogP contribution is -1.99. The second-order valence-corrected chi connectivity index (χ2v) is 5.15. The summed E-state index contributed by atoms with van der Waals surface area (Å²) < 4.78 is 5.24. The second kappa shape index (κ2) is 5.35. The Hall–Kier alpha value is -1.62. The third kappa shape index (κ3) is 2.79. The average molecular weight is 310 g/mol. The summed E-state index contributed by atoms with van der Waals surface area (Å²) in [4.78, 5) is 10.6. The molecule has 0 bridgehead atoms. The first-order valence-electron chi connectivity index (χ1n) is 5.49. The van der Waals surface area contributed by atoms with Crippen LogP contribution in [-0.2, 0) is 6.42 Å². The second-order valence-electron chi connectivity index (χ2n) is 4.05. The molecular weight excluding hydrogens is 298 g/mol. The minimum Gasteiger partial charge on any atom is -0.469 e. The fourth-order valence-corrected chi connectivity index (χ4v) is 2.39. The molecule has 0 saturated carbocycles. The standard InChI is InChI=1S/C13H12BrNO3/c1-9-6-11(8-18-9)12(14)7-10-4-2-3-5-13(10)15(16)17/h2-6,8,12H,7H2,1H3. The monoisotopic (exact) mass is 309 g/mol. The van der Waals surface area contributed by atoms with E-state index in [2.05, 4.69) is 15.9 Å². The maximum absolute atomic E-state index is 10.9. The zero-order valence-electron chi connectivity index (χ0n) is 9.80. The molecule has 0 aliphatic carbocycles. The lowest BCUT2D eigenvalue weighted by molar-refractivity contribution is -0.385. The van der Waals surface area contributed by atoms with Gasteiger partial charge in [-0.2, -0.15) is 0 Å². The number of hydrogen-bond donors (Lipinski definition) is 0. The first-order valence-corrected chi connectivity index (χ1v) is 6.41. The van der Waals surface area contributed by atoms with E-state index in [4.69, 9.17) is 4.42 Å². The Morgan fingerprint density at radius 1 is 1.44 bits per heavy atom. The van der Waals surface area contributed by atoms with Crippen molar-refractivity contribution in [1.29, 1.82) is 0 Å². The van der Waals surface area contributed by atoms with Gasteiger partial charge >= 0.3 is 0 Å². The topological polar surface area (TPSA) is 56.3 Å². The molecule has 1 atom stereocenters. The molecular formula is C13H12BrNO3. The highest BCUT2D eigenvalue weighted by Crippen LogP contribution is 2.31. The molecule has 18 heavy (non-hydrogen) atoms. The normalized spacial score (nSPS) is 12.3. The van der Waals surface area contributed by atoms with E-state index in [0.717, 1.165) is 11.3 Å². The van der Waals surface area contributed by atoms with Gasteiger partial charge in [-0.3, -0.25) is 10.1 Å². The smallest absolute Gasteiger partial charge is 0.272 e. The molecule has 2 aromatic rings. The maximum atomic E-state index is 10.9. The lowest BCUT2D eigenvalue weighted by atomic mass is 10.0. The molecule has 1 heterocycles. The van der Waals surface area contributed by atoms with E-state index in [1.165, 1.54) is 6.07 Å². The predicted molar refractivity (Wildman–Crippen MR) is 71.9 cm³/mol. The van der Waals surface area contributed by atoms with Crippen LogP contribution in [0.15, 0.2) is 41.0 Å². The first kappa shape index (κ1) is 12.8. The Kier molecular flexibility index (Phi) is 3.81. The van der Waals surface area contributed by atoms with E-state index in [-0.39, 0.29) is 15.4 Å². The van der Waals surface area contributed by atoms with Crippen LogP contribution >= 0.6 is 15.9 Å². The molecule has 0 radical (unpaired) electrons. The molecule has 0 N–H and O–H groups in total. The number of para-hydroxylation sites is 1. The van der Waals surface area contributed by atoms with E-state index < -0.39 is 0 Å². The van der Waals surface area contributed by atoms with Gasteiger partial charge in [-0.15, -0.1) is 0 Å². The van der Waals surface area contributed by atoms with E-state index >= 15 is 0 Å². The van der Waals surface area contributed by atoms with Crippen molar-refractivity contribution in [3.63, 3.8) is 0 Å². The number of alkyl halides is 1. The largest absolute Gasteiger partial charge is 0.469 e. The number of rotatable bonds is 4. The Bertz CT molecular complexity index is 565. The average Bonchev–Trinajstić information content (AvgIpc) is 2.76. The summed E-state index contributed by atoms with van der Waals surface area (Å²) in [5, 5.41) is 10.9. The molecule has 0 fully saturated rings. The summed E-state index contributed by atoms with van der Waals surface area (Å²) in [6.45, 7) is 1.87. The summed E-state index contributed by atoms with van der Waals surface area (Å²) in [6.07, 6.45) is 2.22. The molecule has 1 aromatic heterocycles. The number of furan rings is 1. The van der Waals surface area contributed by atoms with Gasteiger partial charge in [0.05, 0.1) is 11.2 Å². The minimum absolute atomic E-state index is 0.0102. The van der Waals surface area contributed by atoms with Gasteiger partial charge in [0.1, 0.15) is 5.76 Å². The molecule has 0 aliphatic rings. The van der Waals surface area contributed by atoms with E-state index in [9.17, 15) is 10.1 Å². The molecule has 0 aliphatic heterocycles. The van der Waals surface area contributed by atoms with Gasteiger partial charge in [0.15, 0.2) is 0 Å². The van der Waals surface area contributed by atoms with Crippen LogP contribution in [0, 0.1) is 17.0 Å². The lowest BCUT2D eigenvalue weighted by Gasteiger charge is -2.07. The number of nitrogens with zero attached hydrogens (tertiary/aromatic N) is 1. The highest BCUT2D eigenvalue weighted by atomic mass is 79.9. The summed E-state index contributed by atoms with van der Waals surface area (Å²) >= 11 is 3.54. The molecule has 0 spiro atoms. The number of nitro groups is 1. The molecule has 2 rings (SSSR count). The zero-order chi connectivity index (χ0) is 13.1. The van der Waals surface area contributed by atoms with Gasteiger partial charge in [0, 0.05) is 22.0 Å². The van der Waals surface area contributed by atoms with Crippen molar-refractivity contribution in [1.82, 2.24) is 0 Å². The van der Waals surface area contributed by atoms with Crippen LogP contribution in [0.2, 0.25) is 0 Å². The van der Waals surface area contributed by atoms with Gasteiger partial charge in [-0.1, -0.05) is 34.1 Å².